The molecule has 0 spiro atoms. The molecule has 170 valence electrons. The van der Waals surface area contributed by atoms with Gasteiger partial charge in [0.25, 0.3) is 0 Å². The van der Waals surface area contributed by atoms with Crippen molar-refractivity contribution in [3.63, 3.8) is 0 Å². The fourth-order valence-electron chi connectivity index (χ4n) is 4.61. The van der Waals surface area contributed by atoms with Crippen LogP contribution in [0, 0.1) is 6.92 Å². The monoisotopic (exact) mass is 436 g/mol. The number of nitrogens with zero attached hydrogens (tertiary/aromatic N) is 3. The standard InChI is InChI=1S/C25H28N4O3.2H2/c1-16-10-11-18-20(14-16)27-23(19-7-2-3-8-21(19)30)28-24(18)29-12-4-6-17(15-29)26-25(31)22-9-5-13-32-22;;/h2-3,7-8,10-11,14,17,22,30H,4-6,9,12-13,15H2,1H3,(H,26,31);2*1H/t17-,22-;;/m1../s1. The van der Waals surface area contributed by atoms with Crippen molar-refractivity contribution in [2.45, 2.75) is 44.8 Å². The molecule has 0 radical (unpaired) electrons. The molecule has 5 rings (SSSR count). The van der Waals surface area contributed by atoms with Gasteiger partial charge in [-0.2, -0.15) is 0 Å². The number of aromatic nitrogens is 2. The Kier molecular flexibility index (Phi) is 5.66. The number of hydrogen-bond acceptors (Lipinski definition) is 6. The second kappa shape index (κ2) is 8.74. The average molecular weight is 437 g/mol. The summed E-state index contributed by atoms with van der Waals surface area (Å²) in [7, 11) is 0. The molecule has 2 aromatic carbocycles. The van der Waals surface area contributed by atoms with Gasteiger partial charge in [0.1, 0.15) is 17.7 Å². The molecule has 2 aliphatic heterocycles. The zero-order valence-corrected chi connectivity index (χ0v) is 18.3. The minimum Gasteiger partial charge on any atom is -0.507 e. The number of amides is 1. The first kappa shape index (κ1) is 20.7. The lowest BCUT2D eigenvalue weighted by Crippen LogP contribution is -2.50. The lowest BCUT2D eigenvalue weighted by Gasteiger charge is -2.35. The Labute approximate surface area is 190 Å². The van der Waals surface area contributed by atoms with Crippen molar-refractivity contribution in [2.75, 3.05) is 24.6 Å². The molecule has 7 nitrogen and oxygen atoms in total. The van der Waals surface area contributed by atoms with Gasteiger partial charge in [-0.05, 0) is 62.4 Å². The molecule has 2 N–H and O–H groups in total. The molecule has 0 unspecified atom stereocenters. The quantitative estimate of drug-likeness (QED) is 0.641. The molecule has 2 aliphatic rings. The maximum Gasteiger partial charge on any atom is 0.249 e. The van der Waals surface area contributed by atoms with E-state index in [1.807, 2.05) is 25.1 Å². The van der Waals surface area contributed by atoms with Crippen LogP contribution >= 0.6 is 0 Å². The highest BCUT2D eigenvalue weighted by atomic mass is 16.5. The summed E-state index contributed by atoms with van der Waals surface area (Å²) in [5, 5.41) is 14.5. The van der Waals surface area contributed by atoms with Crippen molar-refractivity contribution in [2.24, 2.45) is 0 Å². The number of fused-ring (bicyclic) bond motifs is 1. The molecule has 32 heavy (non-hydrogen) atoms. The van der Waals surface area contributed by atoms with E-state index >= 15 is 0 Å². The van der Waals surface area contributed by atoms with E-state index in [1.54, 1.807) is 12.1 Å². The molecule has 3 aromatic rings. The number of para-hydroxylation sites is 1. The van der Waals surface area contributed by atoms with Crippen molar-refractivity contribution in [3.8, 4) is 17.1 Å². The van der Waals surface area contributed by atoms with E-state index < -0.39 is 0 Å². The summed E-state index contributed by atoms with van der Waals surface area (Å²) in [5.74, 6) is 1.49. The molecule has 1 aromatic heterocycles. The van der Waals surface area contributed by atoms with Crippen molar-refractivity contribution in [1.29, 1.82) is 0 Å². The third-order valence-corrected chi connectivity index (χ3v) is 6.27. The second-order valence-electron chi connectivity index (χ2n) is 8.70. The van der Waals surface area contributed by atoms with Crippen molar-refractivity contribution in [1.82, 2.24) is 15.3 Å². The highest BCUT2D eigenvalue weighted by Gasteiger charge is 2.29. The fraction of sp³-hybridized carbons (Fsp3) is 0.400. The molecular formula is C25H32N4O3. The largest absolute Gasteiger partial charge is 0.507 e. The molecule has 0 aliphatic carbocycles. The van der Waals surface area contributed by atoms with Crippen LogP contribution in [-0.2, 0) is 9.53 Å². The molecule has 2 atom stereocenters. The van der Waals surface area contributed by atoms with Crippen LogP contribution in [-0.4, -0.2) is 52.8 Å². The summed E-state index contributed by atoms with van der Waals surface area (Å²) in [6.07, 6.45) is 3.31. The Morgan fingerprint density at radius 1 is 1.19 bits per heavy atom. The van der Waals surface area contributed by atoms with E-state index in [0.717, 1.165) is 54.5 Å². The number of anilines is 1. The van der Waals surface area contributed by atoms with Gasteiger partial charge in [0.05, 0.1) is 11.1 Å². The van der Waals surface area contributed by atoms with Crippen molar-refractivity contribution < 1.29 is 17.5 Å². The normalized spacial score (nSPS) is 21.1. The van der Waals surface area contributed by atoms with Gasteiger partial charge in [-0.25, -0.2) is 9.97 Å². The summed E-state index contributed by atoms with van der Waals surface area (Å²) < 4.78 is 5.54. The smallest absolute Gasteiger partial charge is 0.249 e. The number of aryl methyl sites for hydroxylation is 1. The first-order valence-electron chi connectivity index (χ1n) is 11.3. The number of carbonyl (C=O) groups excluding carboxylic acids is 1. The molecule has 0 saturated carbocycles. The predicted octanol–water partition coefficient (Wildman–Crippen LogP) is 4.07. The van der Waals surface area contributed by atoms with E-state index in [4.69, 9.17) is 14.7 Å². The van der Waals surface area contributed by atoms with Crippen LogP contribution in [0.2, 0.25) is 0 Å². The summed E-state index contributed by atoms with van der Waals surface area (Å²) in [6, 6.07) is 13.4. The maximum absolute atomic E-state index is 12.6. The number of rotatable bonds is 4. The molecule has 0 bridgehead atoms. The Bertz CT molecular complexity index is 1150. The van der Waals surface area contributed by atoms with E-state index in [0.29, 0.717) is 24.5 Å². The number of nitrogens with one attached hydrogen (secondary N) is 1. The van der Waals surface area contributed by atoms with Crippen molar-refractivity contribution >= 4 is 22.6 Å². The summed E-state index contributed by atoms with van der Waals surface area (Å²) in [5.41, 5.74) is 2.57. The van der Waals surface area contributed by atoms with E-state index in [1.165, 1.54) is 0 Å². The minimum absolute atomic E-state index is 0. The lowest BCUT2D eigenvalue weighted by molar-refractivity contribution is -0.130. The van der Waals surface area contributed by atoms with Crippen LogP contribution in [0.5, 0.6) is 5.75 Å². The summed E-state index contributed by atoms with van der Waals surface area (Å²) >= 11 is 0. The first-order valence-corrected chi connectivity index (χ1v) is 11.3. The minimum atomic E-state index is -0.319. The molecule has 1 amide bonds. The SMILES string of the molecule is Cc1ccc2c(N3CCC[C@@H](NC(=O)[C@H]4CCCO4)C3)nc(-c3ccccc3O)nc2c1.[HH].[HH]. The fourth-order valence-corrected chi connectivity index (χ4v) is 4.61. The number of phenols is 1. The van der Waals surface area contributed by atoms with Crippen LogP contribution in [0.4, 0.5) is 5.82 Å². The number of carbonyl (C=O) groups is 1. The number of ether oxygens (including phenoxy) is 1. The number of benzene rings is 2. The Morgan fingerprint density at radius 3 is 2.88 bits per heavy atom. The van der Waals surface area contributed by atoms with Crippen LogP contribution in [0.3, 0.4) is 0 Å². The number of phenolic OH excluding ortho intramolecular Hbond substituents is 1. The van der Waals surface area contributed by atoms with Crippen LogP contribution in [0.25, 0.3) is 22.3 Å². The van der Waals surface area contributed by atoms with Gasteiger partial charge < -0.3 is 20.1 Å². The van der Waals surface area contributed by atoms with Gasteiger partial charge in [-0.1, -0.05) is 18.2 Å². The molecule has 7 heteroatoms. The highest BCUT2D eigenvalue weighted by molar-refractivity contribution is 5.92. The number of piperidine rings is 1. The molecule has 3 heterocycles. The van der Waals surface area contributed by atoms with E-state index in [9.17, 15) is 9.90 Å². The zero-order chi connectivity index (χ0) is 22.1. The highest BCUT2D eigenvalue weighted by Crippen LogP contribution is 2.33. The maximum atomic E-state index is 12.6. The lowest BCUT2D eigenvalue weighted by atomic mass is 10.0. The summed E-state index contributed by atoms with van der Waals surface area (Å²) in [4.78, 5) is 24.5. The van der Waals surface area contributed by atoms with Crippen LogP contribution < -0.4 is 10.2 Å². The average Bonchev–Trinajstić information content (AvgIpc) is 3.34. The third-order valence-electron chi connectivity index (χ3n) is 6.27. The number of aromatic hydroxyl groups is 1. The third kappa shape index (κ3) is 4.12. The first-order chi connectivity index (χ1) is 15.6. The number of hydrogen-bond donors (Lipinski definition) is 2. The van der Waals surface area contributed by atoms with Gasteiger partial charge in [0.2, 0.25) is 5.91 Å². The van der Waals surface area contributed by atoms with Crippen molar-refractivity contribution in [3.05, 3.63) is 48.0 Å². The molecule has 2 fully saturated rings. The second-order valence-corrected chi connectivity index (χ2v) is 8.70. The van der Waals surface area contributed by atoms with Gasteiger partial charge in [-0.15, -0.1) is 0 Å². The van der Waals surface area contributed by atoms with E-state index in [-0.39, 0.29) is 26.7 Å². The van der Waals surface area contributed by atoms with Crippen LogP contribution in [0.1, 0.15) is 34.1 Å². The topological polar surface area (TPSA) is 87.6 Å². The van der Waals surface area contributed by atoms with Crippen LogP contribution in [0.15, 0.2) is 42.5 Å². The predicted molar refractivity (Wildman–Crippen MR) is 128 cm³/mol. The van der Waals surface area contributed by atoms with E-state index in [2.05, 4.69) is 22.3 Å². The molecular weight excluding hydrogens is 404 g/mol. The van der Waals surface area contributed by atoms with Gasteiger partial charge in [-0.3, -0.25) is 4.79 Å². The zero-order valence-electron chi connectivity index (χ0n) is 18.3. The van der Waals surface area contributed by atoms with Gasteiger partial charge in [0.15, 0.2) is 5.82 Å². The Balaban J connectivity index is 0.00000162. The summed E-state index contributed by atoms with van der Waals surface area (Å²) in [6.45, 7) is 4.24. The van der Waals surface area contributed by atoms with Gasteiger partial charge in [0, 0.05) is 34.0 Å². The Morgan fingerprint density at radius 2 is 2.06 bits per heavy atom. The molecule has 2 saturated heterocycles. The Hall–Kier alpha value is -3.19. The van der Waals surface area contributed by atoms with Gasteiger partial charge >= 0.3 is 0 Å².